The number of aromatic amines is 1. The molecule has 2 aliphatic heterocycles. The normalized spacial score (nSPS) is 21.1. The van der Waals surface area contributed by atoms with Crippen molar-refractivity contribution in [3.8, 4) is 11.4 Å². The predicted molar refractivity (Wildman–Crippen MR) is 87.9 cm³/mol. The summed E-state index contributed by atoms with van der Waals surface area (Å²) >= 11 is 0. The Morgan fingerprint density at radius 2 is 1.83 bits per heavy atom. The van der Waals surface area contributed by atoms with Crippen LogP contribution in [0.1, 0.15) is 24.2 Å². The van der Waals surface area contributed by atoms with Crippen LogP contribution in [-0.4, -0.2) is 47.0 Å². The van der Waals surface area contributed by atoms with Gasteiger partial charge in [-0.25, -0.2) is 4.98 Å². The maximum absolute atomic E-state index is 5.79. The molecule has 0 atom stereocenters. The van der Waals surface area contributed by atoms with E-state index in [4.69, 9.17) is 14.5 Å². The van der Waals surface area contributed by atoms with E-state index in [9.17, 15) is 0 Å². The van der Waals surface area contributed by atoms with Gasteiger partial charge < -0.3 is 14.5 Å². The van der Waals surface area contributed by atoms with E-state index < -0.39 is 0 Å². The minimum atomic E-state index is -0.299. The van der Waals surface area contributed by atoms with Crippen LogP contribution in [0.25, 0.3) is 11.4 Å². The third kappa shape index (κ3) is 3.04. The van der Waals surface area contributed by atoms with Crippen molar-refractivity contribution in [1.82, 2.24) is 14.9 Å². The van der Waals surface area contributed by atoms with Crippen molar-refractivity contribution >= 4 is 0 Å². The molecule has 0 radical (unpaired) electrons. The zero-order valence-electron chi connectivity index (χ0n) is 13.5. The summed E-state index contributed by atoms with van der Waals surface area (Å²) in [6.45, 7) is 6.44. The Bertz CT molecular complexity index is 652. The molecular formula is C18H23N3O2. The minimum absolute atomic E-state index is 0.299. The molecule has 0 aliphatic carbocycles. The van der Waals surface area contributed by atoms with Crippen LogP contribution in [0.2, 0.25) is 0 Å². The monoisotopic (exact) mass is 313 g/mol. The molecule has 0 amide bonds. The van der Waals surface area contributed by atoms with Gasteiger partial charge in [-0.15, -0.1) is 0 Å². The molecule has 2 fully saturated rings. The number of piperidine rings is 1. The molecule has 4 rings (SSSR count). The van der Waals surface area contributed by atoms with Gasteiger partial charge in [0.2, 0.25) is 0 Å². The van der Waals surface area contributed by atoms with Crippen LogP contribution in [-0.2, 0) is 16.0 Å². The summed E-state index contributed by atoms with van der Waals surface area (Å²) in [5, 5.41) is 0. The summed E-state index contributed by atoms with van der Waals surface area (Å²) in [5.74, 6) is 0.654. The molecule has 23 heavy (non-hydrogen) atoms. The first-order chi connectivity index (χ1) is 11.2. The second-order valence-electron chi connectivity index (χ2n) is 6.41. The van der Waals surface area contributed by atoms with Crippen LogP contribution in [0.5, 0.6) is 0 Å². The third-order valence-corrected chi connectivity index (χ3v) is 4.84. The number of aromatic nitrogens is 2. The first kappa shape index (κ1) is 14.9. The molecule has 5 heteroatoms. The number of ether oxygens (including phenoxy) is 2. The van der Waals surface area contributed by atoms with E-state index in [1.165, 1.54) is 0 Å². The van der Waals surface area contributed by atoms with Crippen molar-refractivity contribution in [2.45, 2.75) is 32.1 Å². The van der Waals surface area contributed by atoms with E-state index in [1.54, 1.807) is 0 Å². The van der Waals surface area contributed by atoms with Gasteiger partial charge in [-0.05, 0) is 6.92 Å². The van der Waals surface area contributed by atoms with Gasteiger partial charge in [-0.1, -0.05) is 30.3 Å². The number of hydrogen-bond acceptors (Lipinski definition) is 4. The third-order valence-electron chi connectivity index (χ3n) is 4.84. The lowest BCUT2D eigenvalue weighted by Crippen LogP contribution is -2.44. The van der Waals surface area contributed by atoms with Crippen LogP contribution >= 0.6 is 0 Å². The van der Waals surface area contributed by atoms with E-state index in [0.717, 1.165) is 68.5 Å². The number of nitrogens with zero attached hydrogens (tertiary/aromatic N) is 2. The van der Waals surface area contributed by atoms with Gasteiger partial charge in [0.05, 0.1) is 18.9 Å². The number of imidazole rings is 1. The number of likely N-dealkylation sites (tertiary alicyclic amines) is 1. The molecule has 0 bridgehead atoms. The quantitative estimate of drug-likeness (QED) is 0.946. The Labute approximate surface area is 136 Å². The van der Waals surface area contributed by atoms with E-state index in [1.807, 2.05) is 18.2 Å². The maximum Gasteiger partial charge on any atom is 0.170 e. The summed E-state index contributed by atoms with van der Waals surface area (Å²) in [6.07, 6.45) is 1.89. The van der Waals surface area contributed by atoms with Crippen LogP contribution in [0.15, 0.2) is 30.3 Å². The maximum atomic E-state index is 5.79. The Morgan fingerprint density at radius 3 is 2.52 bits per heavy atom. The Morgan fingerprint density at radius 1 is 1.13 bits per heavy atom. The topological polar surface area (TPSA) is 50.4 Å². The number of aryl methyl sites for hydroxylation is 1. The Balaban J connectivity index is 1.43. The Hall–Kier alpha value is -1.69. The van der Waals surface area contributed by atoms with Gasteiger partial charge in [-0.3, -0.25) is 4.90 Å². The molecule has 1 N–H and O–H groups in total. The fourth-order valence-corrected chi connectivity index (χ4v) is 3.43. The minimum Gasteiger partial charge on any atom is -0.347 e. The average Bonchev–Trinajstić information content (AvgIpc) is 3.18. The lowest BCUT2D eigenvalue weighted by atomic mass is 10.0. The number of benzene rings is 1. The van der Waals surface area contributed by atoms with E-state index >= 15 is 0 Å². The summed E-state index contributed by atoms with van der Waals surface area (Å²) in [7, 11) is 0. The lowest BCUT2D eigenvalue weighted by Gasteiger charge is -2.37. The smallest absolute Gasteiger partial charge is 0.170 e. The molecule has 2 aromatic rings. The van der Waals surface area contributed by atoms with Gasteiger partial charge >= 0.3 is 0 Å². The highest BCUT2D eigenvalue weighted by Gasteiger charge is 2.39. The molecule has 3 heterocycles. The SMILES string of the molecule is Cc1[nH]c(-c2ccccc2)nc1CN1CCC2(CC1)OCCO2. The highest BCUT2D eigenvalue weighted by Crippen LogP contribution is 2.32. The second kappa shape index (κ2) is 6.07. The van der Waals surface area contributed by atoms with Crippen molar-refractivity contribution in [2.24, 2.45) is 0 Å². The van der Waals surface area contributed by atoms with Crippen molar-refractivity contribution in [1.29, 1.82) is 0 Å². The lowest BCUT2D eigenvalue weighted by molar-refractivity contribution is -0.185. The van der Waals surface area contributed by atoms with Crippen LogP contribution in [0.4, 0.5) is 0 Å². The number of H-pyrrole nitrogens is 1. The van der Waals surface area contributed by atoms with Gasteiger partial charge in [0, 0.05) is 43.7 Å². The molecule has 2 aliphatic rings. The van der Waals surface area contributed by atoms with E-state index in [-0.39, 0.29) is 5.79 Å². The molecule has 5 nitrogen and oxygen atoms in total. The first-order valence-electron chi connectivity index (χ1n) is 8.35. The molecular weight excluding hydrogens is 290 g/mol. The van der Waals surface area contributed by atoms with Crippen molar-refractivity contribution in [2.75, 3.05) is 26.3 Å². The summed E-state index contributed by atoms with van der Waals surface area (Å²) < 4.78 is 11.6. The van der Waals surface area contributed by atoms with Crippen LogP contribution in [0, 0.1) is 6.92 Å². The van der Waals surface area contributed by atoms with Gasteiger partial charge in [0.1, 0.15) is 5.82 Å². The summed E-state index contributed by atoms with van der Waals surface area (Å²) in [6, 6.07) is 10.3. The molecule has 0 unspecified atom stereocenters. The van der Waals surface area contributed by atoms with Crippen molar-refractivity contribution in [3.05, 3.63) is 41.7 Å². The van der Waals surface area contributed by atoms with Crippen LogP contribution < -0.4 is 0 Å². The zero-order chi connectivity index (χ0) is 15.7. The highest BCUT2D eigenvalue weighted by atomic mass is 16.7. The van der Waals surface area contributed by atoms with Gasteiger partial charge in [-0.2, -0.15) is 0 Å². The number of nitrogens with one attached hydrogen (secondary N) is 1. The standard InChI is InChI=1S/C18H23N3O2/c1-14-16(20-17(19-14)15-5-3-2-4-6-15)13-21-9-7-18(8-10-21)22-11-12-23-18/h2-6H,7-13H2,1H3,(H,19,20). The van der Waals surface area contributed by atoms with E-state index in [0.29, 0.717) is 0 Å². The predicted octanol–water partition coefficient (Wildman–Crippen LogP) is 2.72. The van der Waals surface area contributed by atoms with Gasteiger partial charge in [0.25, 0.3) is 0 Å². The largest absolute Gasteiger partial charge is 0.347 e. The summed E-state index contributed by atoms with van der Waals surface area (Å²) in [5.41, 5.74) is 3.41. The average molecular weight is 313 g/mol. The van der Waals surface area contributed by atoms with E-state index in [2.05, 4.69) is 28.9 Å². The molecule has 2 saturated heterocycles. The fourth-order valence-electron chi connectivity index (χ4n) is 3.43. The molecule has 1 aromatic heterocycles. The molecule has 1 spiro atoms. The fraction of sp³-hybridized carbons (Fsp3) is 0.500. The molecule has 1 aromatic carbocycles. The highest BCUT2D eigenvalue weighted by molar-refractivity contribution is 5.55. The molecule has 122 valence electrons. The van der Waals surface area contributed by atoms with Crippen molar-refractivity contribution < 1.29 is 9.47 Å². The zero-order valence-corrected chi connectivity index (χ0v) is 13.5. The first-order valence-corrected chi connectivity index (χ1v) is 8.35. The summed E-state index contributed by atoms with van der Waals surface area (Å²) in [4.78, 5) is 10.7. The Kier molecular flexibility index (Phi) is 3.93. The van der Waals surface area contributed by atoms with Crippen LogP contribution in [0.3, 0.4) is 0 Å². The molecule has 0 saturated carbocycles. The van der Waals surface area contributed by atoms with Gasteiger partial charge in [0.15, 0.2) is 5.79 Å². The number of hydrogen-bond donors (Lipinski definition) is 1. The number of rotatable bonds is 3. The van der Waals surface area contributed by atoms with Crippen molar-refractivity contribution in [3.63, 3.8) is 0 Å². The second-order valence-corrected chi connectivity index (χ2v) is 6.41.